The van der Waals surface area contributed by atoms with E-state index in [4.69, 9.17) is 14.2 Å². The van der Waals surface area contributed by atoms with Gasteiger partial charge in [0, 0.05) is 11.8 Å². The van der Waals surface area contributed by atoms with Gasteiger partial charge in [-0.2, -0.15) is 0 Å². The van der Waals surface area contributed by atoms with Gasteiger partial charge in [0.1, 0.15) is 12.7 Å². The van der Waals surface area contributed by atoms with Crippen LogP contribution in [0, 0.1) is 0 Å². The molecule has 3 aromatic carbocycles. The maximum atomic E-state index is 12.4. The van der Waals surface area contributed by atoms with Crippen molar-refractivity contribution < 1.29 is 23.8 Å². The first-order chi connectivity index (χ1) is 17.6. The van der Waals surface area contributed by atoms with Crippen molar-refractivity contribution in [3.8, 4) is 11.5 Å². The number of rotatable bonds is 9. The highest BCUT2D eigenvalue weighted by molar-refractivity contribution is 6.02. The molecule has 1 N–H and O–H groups in total. The molecule has 4 rings (SSSR count). The molecule has 0 aliphatic heterocycles. The van der Waals surface area contributed by atoms with Crippen LogP contribution >= 0.6 is 0 Å². The Morgan fingerprint density at radius 3 is 2.39 bits per heavy atom. The van der Waals surface area contributed by atoms with Crippen molar-refractivity contribution >= 4 is 23.6 Å². The summed E-state index contributed by atoms with van der Waals surface area (Å²) in [6.45, 7) is 0.436. The topological polar surface area (TPSA) is 73.9 Å². The zero-order valence-electron chi connectivity index (χ0n) is 20.4. The zero-order valence-corrected chi connectivity index (χ0v) is 20.4. The van der Waals surface area contributed by atoms with Gasteiger partial charge < -0.3 is 19.5 Å². The first-order valence-electron chi connectivity index (χ1n) is 12.3. The molecule has 0 atom stereocenters. The Bertz CT molecular complexity index is 1180. The summed E-state index contributed by atoms with van der Waals surface area (Å²) in [7, 11) is 1.58. The lowest BCUT2D eigenvalue weighted by Crippen LogP contribution is -2.20. The van der Waals surface area contributed by atoms with Crippen molar-refractivity contribution in [2.45, 2.75) is 44.8 Å². The summed E-state index contributed by atoms with van der Waals surface area (Å²) in [6.07, 6.45) is 8.45. The molecule has 3 aromatic rings. The summed E-state index contributed by atoms with van der Waals surface area (Å²) in [5, 5.41) is 2.80. The van der Waals surface area contributed by atoms with Gasteiger partial charge in [-0.1, -0.05) is 42.8 Å². The molecule has 1 aliphatic rings. The first-order valence-corrected chi connectivity index (χ1v) is 12.3. The van der Waals surface area contributed by atoms with E-state index in [2.05, 4.69) is 5.32 Å². The van der Waals surface area contributed by atoms with E-state index >= 15 is 0 Å². The average molecular weight is 486 g/mol. The summed E-state index contributed by atoms with van der Waals surface area (Å²) in [5.41, 5.74) is 2.95. The van der Waals surface area contributed by atoms with Gasteiger partial charge >= 0.3 is 5.97 Å². The van der Waals surface area contributed by atoms with E-state index in [9.17, 15) is 9.59 Å². The van der Waals surface area contributed by atoms with Gasteiger partial charge in [-0.15, -0.1) is 0 Å². The monoisotopic (exact) mass is 485 g/mol. The lowest BCUT2D eigenvalue weighted by atomic mass is 9.98. The Labute approximate surface area is 211 Å². The summed E-state index contributed by atoms with van der Waals surface area (Å²) in [6, 6.07) is 22.1. The van der Waals surface area contributed by atoms with E-state index in [1.807, 2.05) is 48.5 Å². The lowest BCUT2D eigenvalue weighted by Gasteiger charge is -2.21. The second-order valence-corrected chi connectivity index (χ2v) is 8.75. The minimum atomic E-state index is -0.315. The predicted octanol–water partition coefficient (Wildman–Crippen LogP) is 6.42. The average Bonchev–Trinajstić information content (AvgIpc) is 2.92. The number of hydrogen-bond donors (Lipinski definition) is 1. The molecule has 1 saturated carbocycles. The number of carbonyl (C=O) groups excluding carboxylic acids is 2. The highest BCUT2D eigenvalue weighted by atomic mass is 16.5. The number of ether oxygens (including phenoxy) is 3. The minimum Gasteiger partial charge on any atom is -0.493 e. The van der Waals surface area contributed by atoms with Crippen LogP contribution in [0.25, 0.3) is 6.08 Å². The maximum Gasteiger partial charge on any atom is 0.338 e. The molecule has 0 spiro atoms. The number of methoxy groups -OCH3 is 1. The van der Waals surface area contributed by atoms with Gasteiger partial charge in [-0.25, -0.2) is 4.79 Å². The molecule has 1 fully saturated rings. The molecular weight excluding hydrogens is 454 g/mol. The highest BCUT2D eigenvalue weighted by Crippen LogP contribution is 2.29. The molecule has 6 nitrogen and oxygen atoms in total. The first kappa shape index (κ1) is 25.0. The SMILES string of the molecule is COc1cc(/C=C/C(=O)Nc2ccc(C(=O)OC3CCCCC3)cc2)ccc1OCc1ccccc1. The van der Waals surface area contributed by atoms with E-state index in [-0.39, 0.29) is 18.0 Å². The van der Waals surface area contributed by atoms with E-state index in [0.29, 0.717) is 29.4 Å². The van der Waals surface area contributed by atoms with E-state index in [1.165, 1.54) is 12.5 Å². The molecule has 0 unspecified atom stereocenters. The molecular formula is C30H31NO5. The fourth-order valence-corrected chi connectivity index (χ4v) is 4.09. The summed E-state index contributed by atoms with van der Waals surface area (Å²) in [5.74, 6) is 0.620. The van der Waals surface area contributed by atoms with Crippen LogP contribution < -0.4 is 14.8 Å². The van der Waals surface area contributed by atoms with Crippen LogP contribution in [0.3, 0.4) is 0 Å². The zero-order chi connectivity index (χ0) is 25.2. The summed E-state index contributed by atoms with van der Waals surface area (Å²) < 4.78 is 16.9. The molecule has 0 bridgehead atoms. The number of carbonyl (C=O) groups is 2. The van der Waals surface area contributed by atoms with Crippen LogP contribution in [0.4, 0.5) is 5.69 Å². The number of nitrogens with one attached hydrogen (secondary N) is 1. The number of hydrogen-bond acceptors (Lipinski definition) is 5. The fourth-order valence-electron chi connectivity index (χ4n) is 4.09. The summed E-state index contributed by atoms with van der Waals surface area (Å²) >= 11 is 0. The van der Waals surface area contributed by atoms with E-state index in [0.717, 1.165) is 36.8 Å². The van der Waals surface area contributed by atoms with Crippen LogP contribution in [-0.2, 0) is 16.1 Å². The Balaban J connectivity index is 1.30. The Kier molecular flexibility index (Phi) is 8.76. The maximum absolute atomic E-state index is 12.4. The minimum absolute atomic E-state index is 0.0129. The van der Waals surface area contributed by atoms with Crippen LogP contribution in [0.2, 0.25) is 0 Å². The molecule has 0 heterocycles. The molecule has 0 saturated heterocycles. The summed E-state index contributed by atoms with van der Waals surface area (Å²) in [4.78, 5) is 24.8. The van der Waals surface area contributed by atoms with Gasteiger partial charge in [0.2, 0.25) is 5.91 Å². The van der Waals surface area contributed by atoms with Gasteiger partial charge in [-0.3, -0.25) is 4.79 Å². The van der Waals surface area contributed by atoms with Crippen molar-refractivity contribution in [3.63, 3.8) is 0 Å². The highest BCUT2D eigenvalue weighted by Gasteiger charge is 2.18. The number of esters is 1. The third kappa shape index (κ3) is 7.22. The van der Waals surface area contributed by atoms with Crippen molar-refractivity contribution in [1.29, 1.82) is 0 Å². The predicted molar refractivity (Wildman–Crippen MR) is 140 cm³/mol. The van der Waals surface area contributed by atoms with Crippen molar-refractivity contribution in [2.75, 3.05) is 12.4 Å². The molecule has 0 radical (unpaired) electrons. The van der Waals surface area contributed by atoms with Gasteiger partial charge in [0.05, 0.1) is 12.7 Å². The second kappa shape index (κ2) is 12.6. The standard InChI is InChI=1S/C30H31NO5/c1-34-28-20-22(12-18-27(28)35-21-23-8-4-2-5-9-23)13-19-29(32)31-25-16-14-24(15-17-25)30(33)36-26-10-6-3-7-11-26/h2,4-5,8-9,12-20,26H,3,6-7,10-11,21H2,1H3,(H,31,32)/b19-13+. The fraction of sp³-hybridized carbons (Fsp3) is 0.267. The van der Waals surface area contributed by atoms with Gasteiger partial charge in [0.15, 0.2) is 11.5 Å². The second-order valence-electron chi connectivity index (χ2n) is 8.75. The Morgan fingerprint density at radius 2 is 1.67 bits per heavy atom. The third-order valence-electron chi connectivity index (χ3n) is 6.07. The number of benzene rings is 3. The van der Waals surface area contributed by atoms with Crippen molar-refractivity contribution in [2.24, 2.45) is 0 Å². The lowest BCUT2D eigenvalue weighted by molar-refractivity contribution is -0.111. The van der Waals surface area contributed by atoms with Gasteiger partial charge in [0.25, 0.3) is 0 Å². The van der Waals surface area contributed by atoms with Crippen LogP contribution in [0.5, 0.6) is 11.5 Å². The molecule has 36 heavy (non-hydrogen) atoms. The normalized spacial score (nSPS) is 13.8. The largest absolute Gasteiger partial charge is 0.493 e. The third-order valence-corrected chi connectivity index (χ3v) is 6.07. The van der Waals surface area contributed by atoms with Crippen LogP contribution in [0.1, 0.15) is 53.6 Å². The van der Waals surface area contributed by atoms with Crippen molar-refractivity contribution in [1.82, 2.24) is 0 Å². The Hall–Kier alpha value is -4.06. The smallest absolute Gasteiger partial charge is 0.338 e. The van der Waals surface area contributed by atoms with E-state index < -0.39 is 0 Å². The number of amides is 1. The molecule has 186 valence electrons. The van der Waals surface area contributed by atoms with Crippen molar-refractivity contribution in [3.05, 3.63) is 95.6 Å². The molecule has 1 aliphatic carbocycles. The van der Waals surface area contributed by atoms with Gasteiger partial charge in [-0.05, 0) is 79.3 Å². The van der Waals surface area contributed by atoms with E-state index in [1.54, 1.807) is 37.5 Å². The van der Waals surface area contributed by atoms with Crippen LogP contribution in [-0.4, -0.2) is 25.1 Å². The quantitative estimate of drug-likeness (QED) is 0.280. The molecule has 6 heteroatoms. The number of anilines is 1. The molecule has 1 amide bonds. The Morgan fingerprint density at radius 1 is 0.917 bits per heavy atom. The van der Waals surface area contributed by atoms with Crippen LogP contribution in [0.15, 0.2) is 78.9 Å². The molecule has 0 aromatic heterocycles.